The predicted molar refractivity (Wildman–Crippen MR) is 69.8 cm³/mol. The number of hydrogen-bond acceptors (Lipinski definition) is 4. The van der Waals surface area contributed by atoms with E-state index < -0.39 is 0 Å². The number of aryl methyl sites for hydroxylation is 1. The van der Waals surface area contributed by atoms with Gasteiger partial charge in [-0.1, -0.05) is 0 Å². The third kappa shape index (κ3) is 2.90. The van der Waals surface area contributed by atoms with E-state index >= 15 is 0 Å². The van der Waals surface area contributed by atoms with Gasteiger partial charge in [-0.25, -0.2) is 0 Å². The fraction of sp³-hybridized carbons (Fsp3) is 0.538. The highest BCUT2D eigenvalue weighted by atomic mass is 16.5. The molecule has 0 saturated heterocycles. The van der Waals surface area contributed by atoms with Gasteiger partial charge in [0.25, 0.3) is 0 Å². The molecule has 0 fully saturated rings. The fourth-order valence-corrected chi connectivity index (χ4v) is 2.03. The number of hydrogen-bond donors (Lipinski definition) is 1. The van der Waals surface area contributed by atoms with Gasteiger partial charge < -0.3 is 14.8 Å². The Balaban J connectivity index is 3.30. The highest BCUT2D eigenvalue weighted by Crippen LogP contribution is 2.33. The molecule has 1 atom stereocenters. The van der Waals surface area contributed by atoms with Crippen molar-refractivity contribution < 1.29 is 9.47 Å². The zero-order valence-corrected chi connectivity index (χ0v) is 11.5. The summed E-state index contributed by atoms with van der Waals surface area (Å²) in [5.74, 6) is 1.66. The summed E-state index contributed by atoms with van der Waals surface area (Å²) in [6.45, 7) is 2.06. The molecular formula is C13H22N2O2. The van der Waals surface area contributed by atoms with Gasteiger partial charge in [-0.3, -0.25) is 4.90 Å². The quantitative estimate of drug-likeness (QED) is 0.793. The van der Waals surface area contributed by atoms with Crippen LogP contribution in [-0.4, -0.2) is 40.3 Å². The second-order valence-electron chi connectivity index (χ2n) is 4.22. The number of nitrogens with zero attached hydrogens (tertiary/aromatic N) is 1. The number of methoxy groups -OCH3 is 2. The molecule has 0 aromatic heterocycles. The maximum atomic E-state index is 5.45. The molecule has 0 amide bonds. The fourth-order valence-electron chi connectivity index (χ4n) is 2.03. The summed E-state index contributed by atoms with van der Waals surface area (Å²) < 4.78 is 10.7. The Labute approximate surface area is 104 Å². The van der Waals surface area contributed by atoms with Crippen molar-refractivity contribution in [1.29, 1.82) is 0 Å². The number of rotatable bonds is 5. The lowest BCUT2D eigenvalue weighted by molar-refractivity contribution is 0.255. The van der Waals surface area contributed by atoms with E-state index in [1.54, 1.807) is 14.2 Å². The molecule has 1 rings (SSSR count). The van der Waals surface area contributed by atoms with Gasteiger partial charge in [0.1, 0.15) is 11.5 Å². The van der Waals surface area contributed by atoms with Crippen molar-refractivity contribution in [1.82, 2.24) is 10.2 Å². The molecule has 0 spiro atoms. The van der Waals surface area contributed by atoms with Crippen LogP contribution in [0, 0.1) is 6.92 Å². The van der Waals surface area contributed by atoms with Crippen molar-refractivity contribution in [2.75, 3.05) is 35.4 Å². The molecule has 4 heteroatoms. The van der Waals surface area contributed by atoms with Gasteiger partial charge in [-0.15, -0.1) is 0 Å². The molecule has 96 valence electrons. The SMILES string of the molecule is CNC(c1c(C)cc(OC)cc1OC)N(C)C. The van der Waals surface area contributed by atoms with E-state index in [0.29, 0.717) is 0 Å². The Morgan fingerprint density at radius 2 is 1.82 bits per heavy atom. The van der Waals surface area contributed by atoms with Gasteiger partial charge in [-0.2, -0.15) is 0 Å². The van der Waals surface area contributed by atoms with Gasteiger partial charge >= 0.3 is 0 Å². The highest BCUT2D eigenvalue weighted by Gasteiger charge is 2.19. The highest BCUT2D eigenvalue weighted by molar-refractivity contribution is 5.47. The Hall–Kier alpha value is -1.26. The molecule has 1 N–H and O–H groups in total. The number of nitrogens with one attached hydrogen (secondary N) is 1. The number of ether oxygens (including phenoxy) is 2. The summed E-state index contributed by atoms with van der Waals surface area (Å²) in [5, 5.41) is 3.28. The van der Waals surface area contributed by atoms with E-state index in [1.165, 1.54) is 0 Å². The summed E-state index contributed by atoms with van der Waals surface area (Å²) in [5.41, 5.74) is 2.29. The Kier molecular flexibility index (Phi) is 4.78. The second-order valence-corrected chi connectivity index (χ2v) is 4.22. The molecule has 1 aromatic carbocycles. The van der Waals surface area contributed by atoms with Gasteiger partial charge in [0, 0.05) is 11.6 Å². The van der Waals surface area contributed by atoms with Crippen LogP contribution in [0.1, 0.15) is 17.3 Å². The van der Waals surface area contributed by atoms with Crippen LogP contribution in [-0.2, 0) is 0 Å². The van der Waals surface area contributed by atoms with E-state index in [-0.39, 0.29) is 6.17 Å². The lowest BCUT2D eigenvalue weighted by atomic mass is 10.0. The topological polar surface area (TPSA) is 33.7 Å². The monoisotopic (exact) mass is 238 g/mol. The summed E-state index contributed by atoms with van der Waals surface area (Å²) in [6, 6.07) is 3.93. The van der Waals surface area contributed by atoms with Crippen LogP contribution in [0.2, 0.25) is 0 Å². The van der Waals surface area contributed by atoms with E-state index in [0.717, 1.165) is 22.6 Å². The van der Waals surface area contributed by atoms with Crippen LogP contribution < -0.4 is 14.8 Å². The average Bonchev–Trinajstić information content (AvgIpc) is 2.31. The minimum Gasteiger partial charge on any atom is -0.497 e. The van der Waals surface area contributed by atoms with Gasteiger partial charge in [0.15, 0.2) is 0 Å². The van der Waals surface area contributed by atoms with Crippen molar-refractivity contribution in [3.05, 3.63) is 23.3 Å². The second kappa shape index (κ2) is 5.89. The molecule has 0 aliphatic heterocycles. The predicted octanol–water partition coefficient (Wildman–Crippen LogP) is 1.79. The third-order valence-corrected chi connectivity index (χ3v) is 2.84. The lowest BCUT2D eigenvalue weighted by Crippen LogP contribution is -2.31. The molecule has 1 unspecified atom stereocenters. The molecule has 0 radical (unpaired) electrons. The zero-order chi connectivity index (χ0) is 13.0. The Bertz CT molecular complexity index is 378. The molecule has 0 aliphatic carbocycles. The summed E-state index contributed by atoms with van der Waals surface area (Å²) in [4.78, 5) is 2.11. The van der Waals surface area contributed by atoms with Crippen LogP contribution in [0.25, 0.3) is 0 Å². The molecule has 4 nitrogen and oxygen atoms in total. The van der Waals surface area contributed by atoms with E-state index in [4.69, 9.17) is 9.47 Å². The van der Waals surface area contributed by atoms with E-state index in [1.807, 2.05) is 33.3 Å². The van der Waals surface area contributed by atoms with Crippen LogP contribution in [0.5, 0.6) is 11.5 Å². The van der Waals surface area contributed by atoms with Crippen molar-refractivity contribution in [2.24, 2.45) is 0 Å². The molecular weight excluding hydrogens is 216 g/mol. The molecule has 1 aromatic rings. The maximum Gasteiger partial charge on any atom is 0.128 e. The molecule has 0 saturated carbocycles. The first-order valence-electron chi connectivity index (χ1n) is 5.61. The Morgan fingerprint density at radius 1 is 1.18 bits per heavy atom. The normalized spacial score (nSPS) is 12.6. The van der Waals surface area contributed by atoms with Crippen LogP contribution >= 0.6 is 0 Å². The van der Waals surface area contributed by atoms with E-state index in [2.05, 4.69) is 17.1 Å². The first kappa shape index (κ1) is 13.8. The molecule has 17 heavy (non-hydrogen) atoms. The van der Waals surface area contributed by atoms with Gasteiger partial charge in [-0.05, 0) is 39.7 Å². The van der Waals surface area contributed by atoms with Gasteiger partial charge in [0.2, 0.25) is 0 Å². The lowest BCUT2D eigenvalue weighted by Gasteiger charge is -2.27. The van der Waals surface area contributed by atoms with E-state index in [9.17, 15) is 0 Å². The van der Waals surface area contributed by atoms with Crippen molar-refractivity contribution >= 4 is 0 Å². The minimum atomic E-state index is 0.121. The van der Waals surface area contributed by atoms with Crippen molar-refractivity contribution in [3.63, 3.8) is 0 Å². The average molecular weight is 238 g/mol. The number of benzene rings is 1. The Morgan fingerprint density at radius 3 is 2.24 bits per heavy atom. The molecule has 0 aliphatic rings. The largest absolute Gasteiger partial charge is 0.497 e. The van der Waals surface area contributed by atoms with Crippen molar-refractivity contribution in [3.8, 4) is 11.5 Å². The first-order valence-corrected chi connectivity index (χ1v) is 5.61. The van der Waals surface area contributed by atoms with Crippen molar-refractivity contribution in [2.45, 2.75) is 13.1 Å². The van der Waals surface area contributed by atoms with Gasteiger partial charge in [0.05, 0.1) is 20.4 Å². The third-order valence-electron chi connectivity index (χ3n) is 2.84. The summed E-state index contributed by atoms with van der Waals surface area (Å²) >= 11 is 0. The van der Waals surface area contributed by atoms with Crippen LogP contribution in [0.4, 0.5) is 0 Å². The zero-order valence-electron chi connectivity index (χ0n) is 11.5. The van der Waals surface area contributed by atoms with Crippen LogP contribution in [0.3, 0.4) is 0 Å². The minimum absolute atomic E-state index is 0.121. The summed E-state index contributed by atoms with van der Waals surface area (Å²) in [7, 11) is 9.35. The summed E-state index contributed by atoms with van der Waals surface area (Å²) in [6.07, 6.45) is 0.121. The maximum absolute atomic E-state index is 5.45. The molecule has 0 bridgehead atoms. The molecule has 0 heterocycles. The first-order chi connectivity index (χ1) is 8.04. The standard InChI is InChI=1S/C13H22N2O2/c1-9-7-10(16-5)8-11(17-6)12(9)13(14-2)15(3)4/h7-8,13-14H,1-6H3. The smallest absolute Gasteiger partial charge is 0.128 e. The van der Waals surface area contributed by atoms with Crippen LogP contribution in [0.15, 0.2) is 12.1 Å².